The number of aromatic nitrogens is 1. The largest absolute Gasteiger partial charge is 0.474 e. The molecule has 13 heavy (non-hydrogen) atoms. The van der Waals surface area contributed by atoms with E-state index in [1.165, 1.54) is 6.42 Å². The van der Waals surface area contributed by atoms with Crippen LogP contribution in [0.5, 0.6) is 5.88 Å². The van der Waals surface area contributed by atoms with Gasteiger partial charge in [-0.2, -0.15) is 0 Å². The third kappa shape index (κ3) is 1.99. The quantitative estimate of drug-likeness (QED) is 0.800. The molecule has 0 aliphatic heterocycles. The van der Waals surface area contributed by atoms with Crippen LogP contribution in [0.2, 0.25) is 0 Å². The Labute approximate surface area is 84.3 Å². The number of hydrogen-bond acceptors (Lipinski definition) is 2. The van der Waals surface area contributed by atoms with Crippen LogP contribution in [0.4, 0.5) is 4.39 Å². The van der Waals surface area contributed by atoms with E-state index in [0.29, 0.717) is 10.4 Å². The van der Waals surface area contributed by atoms with Crippen LogP contribution in [0.25, 0.3) is 0 Å². The van der Waals surface area contributed by atoms with Crippen molar-refractivity contribution < 1.29 is 9.13 Å². The first kappa shape index (κ1) is 8.94. The Hall–Kier alpha value is -0.640. The summed E-state index contributed by atoms with van der Waals surface area (Å²) in [6.07, 6.45) is 4.82. The van der Waals surface area contributed by atoms with Gasteiger partial charge in [-0.1, -0.05) is 0 Å². The van der Waals surface area contributed by atoms with Crippen molar-refractivity contribution in [1.82, 2.24) is 4.98 Å². The molecule has 1 aromatic heterocycles. The SMILES string of the molecule is Fc1cnc(OC2CCC2)cc1Br. The van der Waals surface area contributed by atoms with Crippen molar-refractivity contribution in [2.24, 2.45) is 0 Å². The summed E-state index contributed by atoms with van der Waals surface area (Å²) in [4.78, 5) is 3.83. The van der Waals surface area contributed by atoms with Gasteiger partial charge in [0.25, 0.3) is 0 Å². The Morgan fingerprint density at radius 2 is 2.31 bits per heavy atom. The Kier molecular flexibility index (Phi) is 2.49. The summed E-state index contributed by atoms with van der Waals surface area (Å²) >= 11 is 3.08. The van der Waals surface area contributed by atoms with Crippen LogP contribution in [-0.2, 0) is 0 Å². The van der Waals surface area contributed by atoms with Gasteiger partial charge < -0.3 is 4.74 Å². The maximum Gasteiger partial charge on any atom is 0.214 e. The lowest BCUT2D eigenvalue weighted by molar-refractivity contribution is 0.114. The molecule has 70 valence electrons. The van der Waals surface area contributed by atoms with Gasteiger partial charge in [0.2, 0.25) is 5.88 Å². The highest BCUT2D eigenvalue weighted by Gasteiger charge is 2.19. The number of pyridine rings is 1. The lowest BCUT2D eigenvalue weighted by Gasteiger charge is -2.25. The Balaban J connectivity index is 2.07. The zero-order valence-electron chi connectivity index (χ0n) is 6.96. The Morgan fingerprint density at radius 1 is 1.54 bits per heavy atom. The van der Waals surface area contributed by atoms with Gasteiger partial charge in [-0.05, 0) is 35.2 Å². The molecule has 0 amide bonds. The molecule has 0 N–H and O–H groups in total. The molecular formula is C9H9BrFNO. The smallest absolute Gasteiger partial charge is 0.214 e. The summed E-state index contributed by atoms with van der Waals surface area (Å²) in [6, 6.07) is 1.56. The van der Waals surface area contributed by atoms with Gasteiger partial charge in [0, 0.05) is 6.07 Å². The molecule has 1 aromatic rings. The second-order valence-corrected chi connectivity index (χ2v) is 3.96. The number of hydrogen-bond donors (Lipinski definition) is 0. The lowest BCUT2D eigenvalue weighted by atomic mass is 9.96. The molecule has 2 nitrogen and oxygen atoms in total. The molecule has 0 spiro atoms. The van der Waals surface area contributed by atoms with Crippen molar-refractivity contribution in [2.45, 2.75) is 25.4 Å². The van der Waals surface area contributed by atoms with Gasteiger partial charge >= 0.3 is 0 Å². The average molecular weight is 246 g/mol. The second-order valence-electron chi connectivity index (χ2n) is 3.11. The first-order valence-corrected chi connectivity index (χ1v) is 5.03. The lowest BCUT2D eigenvalue weighted by Crippen LogP contribution is -2.24. The van der Waals surface area contributed by atoms with E-state index in [2.05, 4.69) is 20.9 Å². The fraction of sp³-hybridized carbons (Fsp3) is 0.444. The van der Waals surface area contributed by atoms with E-state index in [-0.39, 0.29) is 11.9 Å². The van der Waals surface area contributed by atoms with E-state index in [1.54, 1.807) is 6.07 Å². The Morgan fingerprint density at radius 3 is 2.85 bits per heavy atom. The molecule has 0 radical (unpaired) electrons. The van der Waals surface area contributed by atoms with Crippen LogP contribution in [-0.4, -0.2) is 11.1 Å². The molecule has 1 aliphatic rings. The topological polar surface area (TPSA) is 22.1 Å². The maximum atomic E-state index is 12.8. The van der Waals surface area contributed by atoms with Crippen LogP contribution in [0.3, 0.4) is 0 Å². The molecule has 0 saturated heterocycles. The normalized spacial score (nSPS) is 16.8. The van der Waals surface area contributed by atoms with E-state index >= 15 is 0 Å². The number of ether oxygens (including phenoxy) is 1. The zero-order valence-corrected chi connectivity index (χ0v) is 8.55. The van der Waals surface area contributed by atoms with Gasteiger partial charge in [0.05, 0.1) is 10.7 Å². The van der Waals surface area contributed by atoms with Crippen molar-refractivity contribution >= 4 is 15.9 Å². The van der Waals surface area contributed by atoms with Gasteiger partial charge in [0.1, 0.15) is 6.10 Å². The number of rotatable bonds is 2. The number of nitrogens with zero attached hydrogens (tertiary/aromatic N) is 1. The highest BCUT2D eigenvalue weighted by Crippen LogP contribution is 2.26. The molecule has 0 bridgehead atoms. The fourth-order valence-corrected chi connectivity index (χ4v) is 1.42. The minimum atomic E-state index is -0.360. The van der Waals surface area contributed by atoms with Gasteiger partial charge in [-0.15, -0.1) is 0 Å². The Bertz CT molecular complexity index is 314. The molecule has 0 aromatic carbocycles. The van der Waals surface area contributed by atoms with E-state index in [1.807, 2.05) is 0 Å². The van der Waals surface area contributed by atoms with Crippen molar-refractivity contribution in [3.05, 3.63) is 22.6 Å². The fourth-order valence-electron chi connectivity index (χ4n) is 1.12. The van der Waals surface area contributed by atoms with Crippen LogP contribution >= 0.6 is 15.9 Å². The molecule has 1 saturated carbocycles. The van der Waals surface area contributed by atoms with Crippen molar-refractivity contribution in [3.8, 4) is 5.88 Å². The van der Waals surface area contributed by atoms with Crippen molar-refractivity contribution in [2.75, 3.05) is 0 Å². The standard InChI is InChI=1S/C9H9BrFNO/c10-7-4-9(12-5-8(7)11)13-6-2-1-3-6/h4-6H,1-3H2. The van der Waals surface area contributed by atoms with Crippen LogP contribution in [0.1, 0.15) is 19.3 Å². The molecular weight excluding hydrogens is 237 g/mol. The summed E-state index contributed by atoms with van der Waals surface area (Å²) in [6.45, 7) is 0. The van der Waals surface area contributed by atoms with E-state index in [4.69, 9.17) is 4.74 Å². The minimum absolute atomic E-state index is 0.282. The third-order valence-corrected chi connectivity index (χ3v) is 2.73. The van der Waals surface area contributed by atoms with Gasteiger partial charge in [-0.25, -0.2) is 9.37 Å². The van der Waals surface area contributed by atoms with Crippen molar-refractivity contribution in [1.29, 1.82) is 0 Å². The summed E-state index contributed by atoms with van der Waals surface area (Å²) in [5.41, 5.74) is 0. The summed E-state index contributed by atoms with van der Waals surface area (Å²) in [7, 11) is 0. The monoisotopic (exact) mass is 245 g/mol. The molecule has 0 unspecified atom stereocenters. The zero-order chi connectivity index (χ0) is 9.26. The average Bonchev–Trinajstić information content (AvgIpc) is 2.04. The van der Waals surface area contributed by atoms with Crippen molar-refractivity contribution in [3.63, 3.8) is 0 Å². The van der Waals surface area contributed by atoms with Gasteiger partial charge in [0.15, 0.2) is 5.82 Å². The second kappa shape index (κ2) is 3.62. The molecule has 2 rings (SSSR count). The first-order chi connectivity index (χ1) is 6.25. The molecule has 4 heteroatoms. The summed E-state index contributed by atoms with van der Waals surface area (Å²) in [5, 5.41) is 0. The number of halogens is 2. The predicted molar refractivity (Wildman–Crippen MR) is 50.2 cm³/mol. The van der Waals surface area contributed by atoms with Crippen LogP contribution in [0.15, 0.2) is 16.7 Å². The third-order valence-electron chi connectivity index (χ3n) is 2.12. The van der Waals surface area contributed by atoms with Gasteiger partial charge in [-0.3, -0.25) is 0 Å². The van der Waals surface area contributed by atoms with Crippen LogP contribution < -0.4 is 4.74 Å². The maximum absolute atomic E-state index is 12.8. The molecule has 1 aliphatic carbocycles. The predicted octanol–water partition coefficient (Wildman–Crippen LogP) is 2.91. The molecule has 1 heterocycles. The van der Waals surface area contributed by atoms with E-state index in [9.17, 15) is 4.39 Å². The summed E-state index contributed by atoms with van der Waals surface area (Å²) in [5.74, 6) is 0.138. The highest BCUT2D eigenvalue weighted by molar-refractivity contribution is 9.10. The highest BCUT2D eigenvalue weighted by atomic mass is 79.9. The van der Waals surface area contributed by atoms with E-state index < -0.39 is 0 Å². The minimum Gasteiger partial charge on any atom is -0.474 e. The van der Waals surface area contributed by atoms with E-state index in [0.717, 1.165) is 19.0 Å². The summed E-state index contributed by atoms with van der Waals surface area (Å²) < 4.78 is 18.6. The molecule has 1 fully saturated rings. The van der Waals surface area contributed by atoms with Crippen LogP contribution in [0, 0.1) is 5.82 Å². The molecule has 0 atom stereocenters. The first-order valence-electron chi connectivity index (χ1n) is 4.23.